The first-order chi connectivity index (χ1) is 22.1. The first-order valence-electron chi connectivity index (χ1n) is 14.8. The quantitative estimate of drug-likeness (QED) is 0.183. The van der Waals surface area contributed by atoms with Gasteiger partial charge >= 0.3 is 6.18 Å². The first kappa shape index (κ1) is 29.6. The number of hydrogen-bond donors (Lipinski definition) is 0. The zero-order valence-electron chi connectivity index (χ0n) is 24.8. The van der Waals surface area contributed by atoms with Gasteiger partial charge in [0.2, 0.25) is 0 Å². The van der Waals surface area contributed by atoms with E-state index >= 15 is 0 Å². The fourth-order valence-electron chi connectivity index (χ4n) is 6.36. The Kier molecular flexibility index (Phi) is 7.32. The molecular formula is C38H29F3N2O2S. The molecule has 7 rings (SSSR count). The summed E-state index contributed by atoms with van der Waals surface area (Å²) in [4.78, 5) is -0.0170. The minimum Gasteiger partial charge on any atom is -0.332 e. The Morgan fingerprint density at radius 2 is 1.43 bits per heavy atom. The van der Waals surface area contributed by atoms with Gasteiger partial charge in [0.1, 0.15) is 0 Å². The van der Waals surface area contributed by atoms with E-state index in [9.17, 15) is 21.6 Å². The molecule has 0 aliphatic carbocycles. The number of sulfonamides is 1. The van der Waals surface area contributed by atoms with E-state index in [1.54, 1.807) is 12.1 Å². The van der Waals surface area contributed by atoms with Crippen molar-refractivity contribution in [2.75, 3.05) is 4.31 Å². The molecule has 2 heterocycles. The van der Waals surface area contributed by atoms with Gasteiger partial charge in [-0.1, -0.05) is 103 Å². The van der Waals surface area contributed by atoms with Crippen LogP contribution in [0.15, 0.2) is 150 Å². The molecule has 8 heteroatoms. The molecule has 6 aromatic rings. The van der Waals surface area contributed by atoms with Crippen LogP contribution in [0.5, 0.6) is 0 Å². The third-order valence-electron chi connectivity index (χ3n) is 8.46. The number of alkyl halides is 3. The second kappa shape index (κ2) is 11.4. The van der Waals surface area contributed by atoms with Gasteiger partial charge in [-0.25, -0.2) is 12.7 Å². The van der Waals surface area contributed by atoms with Gasteiger partial charge in [0.25, 0.3) is 10.0 Å². The molecule has 0 N–H and O–H groups in total. The lowest BCUT2D eigenvalue weighted by Gasteiger charge is -2.25. The second-order valence-electron chi connectivity index (χ2n) is 11.4. The van der Waals surface area contributed by atoms with E-state index in [0.717, 1.165) is 60.9 Å². The third-order valence-corrected chi connectivity index (χ3v) is 10.2. The van der Waals surface area contributed by atoms with Crippen molar-refractivity contribution in [3.8, 4) is 11.1 Å². The highest BCUT2D eigenvalue weighted by Gasteiger charge is 2.36. The second-order valence-corrected chi connectivity index (χ2v) is 13.2. The molecule has 1 unspecified atom stereocenters. The summed E-state index contributed by atoms with van der Waals surface area (Å²) in [5, 5.41) is 1.07. The highest BCUT2D eigenvalue weighted by atomic mass is 32.2. The number of nitrogens with zero attached hydrogens (tertiary/aromatic N) is 2. The molecule has 4 nitrogen and oxygen atoms in total. The van der Waals surface area contributed by atoms with Gasteiger partial charge in [0, 0.05) is 34.8 Å². The highest BCUT2D eigenvalue weighted by Crippen LogP contribution is 2.47. The molecule has 0 saturated heterocycles. The fraction of sp³-hybridized carbons (Fsp3) is 0.105. The Morgan fingerprint density at radius 1 is 0.783 bits per heavy atom. The molecule has 1 aromatic heterocycles. The molecule has 230 valence electrons. The summed E-state index contributed by atoms with van der Waals surface area (Å²) >= 11 is 0. The van der Waals surface area contributed by atoms with Crippen molar-refractivity contribution in [1.29, 1.82) is 0 Å². The SMILES string of the molecule is Cc1ccc(S(=O)(=O)N(/C=C2\Cc3c(-c4ccccc4)c4ccccc4n3C2c2ccccc2)c2cccc(C(F)(F)F)c2)cc1. The number of hydrogen-bond acceptors (Lipinski definition) is 2. The predicted octanol–water partition coefficient (Wildman–Crippen LogP) is 9.56. The number of rotatable bonds is 6. The predicted molar refractivity (Wildman–Crippen MR) is 176 cm³/mol. The summed E-state index contributed by atoms with van der Waals surface area (Å²) in [5.74, 6) is 0. The van der Waals surface area contributed by atoms with Crippen molar-refractivity contribution in [2.45, 2.75) is 30.5 Å². The zero-order chi connectivity index (χ0) is 32.1. The van der Waals surface area contributed by atoms with Crippen molar-refractivity contribution >= 4 is 26.6 Å². The lowest BCUT2D eigenvalue weighted by atomic mass is 9.95. The van der Waals surface area contributed by atoms with Gasteiger partial charge in [0.15, 0.2) is 0 Å². The van der Waals surface area contributed by atoms with Crippen LogP contribution in [-0.4, -0.2) is 13.0 Å². The van der Waals surface area contributed by atoms with Crippen LogP contribution in [0, 0.1) is 6.92 Å². The topological polar surface area (TPSA) is 42.3 Å². The van der Waals surface area contributed by atoms with Gasteiger partial charge in [-0.3, -0.25) is 0 Å². The standard InChI is InChI=1S/C38H29F3N2O2S/c1-26-19-21-32(22-20-26)46(44,45)42(31-16-10-15-30(24-31)38(39,40)41)25-29-23-35-36(27-11-4-2-5-12-27)33-17-8-9-18-34(33)43(35)37(29)28-13-6-3-7-14-28/h2-22,24-25,37H,23H2,1H3/b29-25+. The highest BCUT2D eigenvalue weighted by molar-refractivity contribution is 7.93. The van der Waals surface area contributed by atoms with Gasteiger partial charge in [0.05, 0.1) is 22.2 Å². The molecule has 0 spiro atoms. The molecule has 0 radical (unpaired) electrons. The van der Waals surface area contributed by atoms with Gasteiger partial charge < -0.3 is 4.57 Å². The van der Waals surface area contributed by atoms with E-state index in [0.29, 0.717) is 6.42 Å². The molecule has 0 saturated carbocycles. The van der Waals surface area contributed by atoms with Crippen LogP contribution in [0.4, 0.5) is 18.9 Å². The molecule has 0 fully saturated rings. The summed E-state index contributed by atoms with van der Waals surface area (Å²) < 4.78 is 73.6. The van der Waals surface area contributed by atoms with Crippen molar-refractivity contribution in [1.82, 2.24) is 4.57 Å². The van der Waals surface area contributed by atoms with Crippen LogP contribution in [0.2, 0.25) is 0 Å². The van der Waals surface area contributed by atoms with E-state index in [1.165, 1.54) is 30.5 Å². The Morgan fingerprint density at radius 3 is 2.13 bits per heavy atom. The summed E-state index contributed by atoms with van der Waals surface area (Å²) in [6.45, 7) is 1.84. The van der Waals surface area contributed by atoms with Crippen LogP contribution in [-0.2, 0) is 22.6 Å². The minimum absolute atomic E-state index is 0.0170. The van der Waals surface area contributed by atoms with Crippen molar-refractivity contribution < 1.29 is 21.6 Å². The average Bonchev–Trinajstić information content (AvgIpc) is 3.58. The fourth-order valence-corrected chi connectivity index (χ4v) is 7.73. The largest absolute Gasteiger partial charge is 0.416 e. The number of anilines is 1. The van der Waals surface area contributed by atoms with Crippen molar-refractivity contribution in [3.05, 3.63) is 168 Å². The van der Waals surface area contributed by atoms with E-state index in [-0.39, 0.29) is 10.6 Å². The smallest absolute Gasteiger partial charge is 0.332 e. The van der Waals surface area contributed by atoms with E-state index in [1.807, 2.05) is 67.6 Å². The first-order valence-corrected chi connectivity index (χ1v) is 16.3. The summed E-state index contributed by atoms with van der Waals surface area (Å²) in [6.07, 6.45) is -2.74. The molecular weight excluding hydrogens is 605 g/mol. The molecule has 46 heavy (non-hydrogen) atoms. The van der Waals surface area contributed by atoms with E-state index in [4.69, 9.17) is 0 Å². The number of halogens is 3. The van der Waals surface area contributed by atoms with Crippen LogP contribution in [0.3, 0.4) is 0 Å². The maximum atomic E-state index is 14.3. The number of benzene rings is 5. The Balaban J connectivity index is 1.49. The van der Waals surface area contributed by atoms with Crippen LogP contribution in [0.1, 0.15) is 28.4 Å². The zero-order valence-corrected chi connectivity index (χ0v) is 25.6. The van der Waals surface area contributed by atoms with E-state index in [2.05, 4.69) is 28.8 Å². The minimum atomic E-state index is -4.65. The van der Waals surface area contributed by atoms with Crippen LogP contribution in [0.25, 0.3) is 22.0 Å². The molecule has 0 bridgehead atoms. The molecule has 1 aliphatic heterocycles. The lowest BCUT2D eigenvalue weighted by Crippen LogP contribution is -2.27. The van der Waals surface area contributed by atoms with Crippen molar-refractivity contribution in [2.24, 2.45) is 0 Å². The van der Waals surface area contributed by atoms with E-state index < -0.39 is 27.8 Å². The van der Waals surface area contributed by atoms with Crippen molar-refractivity contribution in [3.63, 3.8) is 0 Å². The maximum Gasteiger partial charge on any atom is 0.416 e. The Bertz CT molecular complexity index is 2190. The van der Waals surface area contributed by atoms with Crippen LogP contribution < -0.4 is 4.31 Å². The summed E-state index contributed by atoms with van der Waals surface area (Å²) in [5.41, 5.74) is 5.57. The number of aryl methyl sites for hydroxylation is 1. The van der Waals surface area contributed by atoms with Gasteiger partial charge in [-0.05, 0) is 60.0 Å². The number of aromatic nitrogens is 1. The van der Waals surface area contributed by atoms with Gasteiger partial charge in [-0.15, -0.1) is 0 Å². The number of para-hydroxylation sites is 1. The normalized spacial score (nSPS) is 15.7. The Hall–Kier alpha value is -5.08. The monoisotopic (exact) mass is 634 g/mol. The van der Waals surface area contributed by atoms with Gasteiger partial charge in [-0.2, -0.15) is 13.2 Å². The number of allylic oxidation sites excluding steroid dienone is 1. The average molecular weight is 635 g/mol. The Labute approximate surface area is 265 Å². The van der Waals surface area contributed by atoms with Crippen LogP contribution >= 0.6 is 0 Å². The molecule has 5 aromatic carbocycles. The third kappa shape index (κ3) is 5.18. The summed E-state index contributed by atoms with van der Waals surface area (Å²) in [6, 6.07) is 38.3. The lowest BCUT2D eigenvalue weighted by molar-refractivity contribution is -0.137. The molecule has 1 aliphatic rings. The molecule has 1 atom stereocenters. The number of fused-ring (bicyclic) bond motifs is 3. The summed E-state index contributed by atoms with van der Waals surface area (Å²) in [7, 11) is -4.32. The molecule has 0 amide bonds. The maximum absolute atomic E-state index is 14.3.